The van der Waals surface area contributed by atoms with Crippen LogP contribution in [-0.4, -0.2) is 9.55 Å². The molecule has 38 heavy (non-hydrogen) atoms. The van der Waals surface area contributed by atoms with Gasteiger partial charge >= 0.3 is 0 Å². The Morgan fingerprint density at radius 3 is 1.53 bits per heavy atom. The molecular formula is C36H62N2. The second kappa shape index (κ2) is 23.3. The number of hydrogen-bond acceptors (Lipinski definition) is 1. The summed E-state index contributed by atoms with van der Waals surface area (Å²) in [5.41, 5.74) is 1.50. The third kappa shape index (κ3) is 15.7. The number of benzene rings is 1. The van der Waals surface area contributed by atoms with Crippen molar-refractivity contribution in [3.8, 4) is 0 Å². The van der Waals surface area contributed by atoms with Crippen LogP contribution in [0.3, 0.4) is 0 Å². The summed E-state index contributed by atoms with van der Waals surface area (Å²) >= 11 is 0. The van der Waals surface area contributed by atoms with Gasteiger partial charge in [0.2, 0.25) is 0 Å². The highest BCUT2D eigenvalue weighted by molar-refractivity contribution is 5.15. The first kappa shape index (κ1) is 32.6. The maximum atomic E-state index is 4.45. The lowest BCUT2D eigenvalue weighted by molar-refractivity contribution is 0.275. The molecule has 0 saturated heterocycles. The lowest BCUT2D eigenvalue weighted by atomic mass is 9.84. The van der Waals surface area contributed by atoms with E-state index >= 15 is 0 Å². The Morgan fingerprint density at radius 2 is 1.05 bits per heavy atom. The first-order valence-corrected chi connectivity index (χ1v) is 16.9. The standard InChI is InChI=1S/C36H62N2/c1-3-5-7-9-11-13-15-17-19-24-28-35(32-34-26-22-21-23-27-34)36(38-31-30-37-33-38)29-25-20-18-16-14-12-10-8-6-4-2/h21-23,26-27,30-31,33,35-36H,3-20,24-25,28-29,32H2,1-2H3. The Labute approximate surface area is 237 Å². The predicted molar refractivity (Wildman–Crippen MR) is 168 cm³/mol. The highest BCUT2D eigenvalue weighted by Crippen LogP contribution is 2.32. The molecule has 0 aliphatic rings. The molecule has 0 amide bonds. The second-order valence-corrected chi connectivity index (χ2v) is 12.0. The van der Waals surface area contributed by atoms with Gasteiger partial charge in [0, 0.05) is 18.4 Å². The molecule has 0 fully saturated rings. The highest BCUT2D eigenvalue weighted by atomic mass is 15.1. The predicted octanol–water partition coefficient (Wildman–Crippen LogP) is 11.9. The molecule has 0 N–H and O–H groups in total. The maximum absolute atomic E-state index is 4.45. The Morgan fingerprint density at radius 1 is 0.579 bits per heavy atom. The van der Waals surface area contributed by atoms with Gasteiger partial charge in [-0.1, -0.05) is 173 Å². The summed E-state index contributed by atoms with van der Waals surface area (Å²) in [5, 5.41) is 0. The van der Waals surface area contributed by atoms with Gasteiger partial charge in [-0.25, -0.2) is 4.98 Å². The Bertz CT molecular complexity index is 723. The van der Waals surface area contributed by atoms with Crippen LogP contribution in [0.25, 0.3) is 0 Å². The Kier molecular flexibility index (Phi) is 20.0. The normalized spacial score (nSPS) is 13.1. The molecule has 216 valence electrons. The fourth-order valence-electron chi connectivity index (χ4n) is 6.18. The van der Waals surface area contributed by atoms with Gasteiger partial charge in [-0.2, -0.15) is 0 Å². The number of hydrogen-bond donors (Lipinski definition) is 0. The molecule has 1 aromatic carbocycles. The lowest BCUT2D eigenvalue weighted by Gasteiger charge is -2.29. The van der Waals surface area contributed by atoms with Crippen LogP contribution in [-0.2, 0) is 6.42 Å². The summed E-state index contributed by atoms with van der Waals surface area (Å²) in [6, 6.07) is 11.8. The molecule has 2 rings (SSSR count). The molecule has 2 aromatic rings. The van der Waals surface area contributed by atoms with Crippen LogP contribution in [0.15, 0.2) is 49.1 Å². The zero-order valence-electron chi connectivity index (χ0n) is 25.4. The average Bonchev–Trinajstić information content (AvgIpc) is 3.48. The zero-order chi connectivity index (χ0) is 26.9. The first-order chi connectivity index (χ1) is 18.8. The molecule has 0 saturated carbocycles. The van der Waals surface area contributed by atoms with Crippen molar-refractivity contribution in [1.29, 1.82) is 0 Å². The van der Waals surface area contributed by atoms with Crippen molar-refractivity contribution in [2.24, 2.45) is 5.92 Å². The van der Waals surface area contributed by atoms with Gasteiger partial charge in [-0.15, -0.1) is 0 Å². The first-order valence-electron chi connectivity index (χ1n) is 16.9. The summed E-state index contributed by atoms with van der Waals surface area (Å²) in [6.45, 7) is 4.61. The quantitative estimate of drug-likeness (QED) is 0.112. The second-order valence-electron chi connectivity index (χ2n) is 12.0. The van der Waals surface area contributed by atoms with Crippen LogP contribution < -0.4 is 0 Å². The number of unbranched alkanes of at least 4 members (excludes halogenated alkanes) is 18. The Balaban J connectivity index is 1.78. The van der Waals surface area contributed by atoms with E-state index in [9.17, 15) is 0 Å². The van der Waals surface area contributed by atoms with E-state index in [1.807, 2.05) is 6.20 Å². The van der Waals surface area contributed by atoms with Crippen molar-refractivity contribution in [2.45, 2.75) is 168 Å². The van der Waals surface area contributed by atoms with E-state index in [0.717, 1.165) is 0 Å². The number of imidazole rings is 1. The van der Waals surface area contributed by atoms with Crippen molar-refractivity contribution in [2.75, 3.05) is 0 Å². The van der Waals surface area contributed by atoms with Gasteiger partial charge in [0.15, 0.2) is 0 Å². The Hall–Kier alpha value is -1.57. The summed E-state index contributed by atoms with van der Waals surface area (Å²) < 4.78 is 2.44. The van der Waals surface area contributed by atoms with E-state index in [1.165, 1.54) is 153 Å². The van der Waals surface area contributed by atoms with Gasteiger partial charge in [-0.3, -0.25) is 0 Å². The van der Waals surface area contributed by atoms with Gasteiger partial charge in [-0.05, 0) is 30.7 Å². The van der Waals surface area contributed by atoms with Crippen molar-refractivity contribution < 1.29 is 0 Å². The van der Waals surface area contributed by atoms with Crippen molar-refractivity contribution >= 4 is 0 Å². The average molecular weight is 523 g/mol. The fraction of sp³-hybridized carbons (Fsp3) is 0.750. The summed E-state index contributed by atoms with van der Waals surface area (Å²) in [4.78, 5) is 4.45. The summed E-state index contributed by atoms with van der Waals surface area (Å²) in [7, 11) is 0. The van der Waals surface area contributed by atoms with E-state index in [2.05, 4.69) is 66.3 Å². The maximum Gasteiger partial charge on any atom is 0.0948 e. The van der Waals surface area contributed by atoms with Gasteiger partial charge in [0.05, 0.1) is 6.33 Å². The van der Waals surface area contributed by atoms with Crippen molar-refractivity contribution in [3.05, 3.63) is 54.6 Å². The molecule has 2 nitrogen and oxygen atoms in total. The topological polar surface area (TPSA) is 17.8 Å². The largest absolute Gasteiger partial charge is 0.334 e. The van der Waals surface area contributed by atoms with Crippen molar-refractivity contribution in [1.82, 2.24) is 9.55 Å². The van der Waals surface area contributed by atoms with Crippen molar-refractivity contribution in [3.63, 3.8) is 0 Å². The van der Waals surface area contributed by atoms with Gasteiger partial charge in [0.1, 0.15) is 0 Å². The summed E-state index contributed by atoms with van der Waals surface area (Å²) in [5.74, 6) is 0.694. The molecule has 0 spiro atoms. The molecule has 2 atom stereocenters. The molecule has 0 bridgehead atoms. The molecule has 0 radical (unpaired) electrons. The summed E-state index contributed by atoms with van der Waals surface area (Å²) in [6.07, 6.45) is 38.3. The van der Waals surface area contributed by atoms with Crippen LogP contribution in [0.4, 0.5) is 0 Å². The monoisotopic (exact) mass is 522 g/mol. The van der Waals surface area contributed by atoms with Crippen LogP contribution in [0.5, 0.6) is 0 Å². The minimum Gasteiger partial charge on any atom is -0.334 e. The molecule has 2 unspecified atom stereocenters. The van der Waals surface area contributed by atoms with E-state index in [4.69, 9.17) is 0 Å². The molecule has 2 heteroatoms. The third-order valence-corrected chi connectivity index (χ3v) is 8.57. The van der Waals surface area contributed by atoms with Crippen LogP contribution in [0.1, 0.15) is 167 Å². The number of rotatable bonds is 26. The van der Waals surface area contributed by atoms with E-state index in [0.29, 0.717) is 12.0 Å². The SMILES string of the molecule is CCCCCCCCCCCCC(Cc1ccccc1)C(CCCCCCCCCCCC)n1ccnc1. The van der Waals surface area contributed by atoms with Crippen LogP contribution >= 0.6 is 0 Å². The molecular weight excluding hydrogens is 460 g/mol. The lowest BCUT2D eigenvalue weighted by Crippen LogP contribution is -2.21. The molecule has 0 aliphatic carbocycles. The van der Waals surface area contributed by atoms with E-state index < -0.39 is 0 Å². The zero-order valence-corrected chi connectivity index (χ0v) is 25.4. The molecule has 1 heterocycles. The fourth-order valence-corrected chi connectivity index (χ4v) is 6.18. The van der Waals surface area contributed by atoms with Crippen LogP contribution in [0.2, 0.25) is 0 Å². The van der Waals surface area contributed by atoms with Crippen LogP contribution in [0, 0.1) is 5.92 Å². The van der Waals surface area contributed by atoms with Gasteiger partial charge < -0.3 is 4.57 Å². The smallest absolute Gasteiger partial charge is 0.0948 e. The van der Waals surface area contributed by atoms with E-state index in [-0.39, 0.29) is 0 Å². The van der Waals surface area contributed by atoms with E-state index in [1.54, 1.807) is 0 Å². The third-order valence-electron chi connectivity index (χ3n) is 8.57. The molecule has 0 aliphatic heterocycles. The minimum absolute atomic E-state index is 0.574. The number of nitrogens with zero attached hydrogens (tertiary/aromatic N) is 2. The number of aromatic nitrogens is 2. The molecule has 1 aromatic heterocycles. The van der Waals surface area contributed by atoms with Gasteiger partial charge in [0.25, 0.3) is 0 Å². The minimum atomic E-state index is 0.574. The highest BCUT2D eigenvalue weighted by Gasteiger charge is 2.23.